The summed E-state index contributed by atoms with van der Waals surface area (Å²) in [4.78, 5) is 34.8. The summed E-state index contributed by atoms with van der Waals surface area (Å²) in [5.74, 6) is -2.19. The van der Waals surface area contributed by atoms with Crippen LogP contribution in [0.5, 0.6) is 0 Å². The van der Waals surface area contributed by atoms with Crippen LogP contribution in [0.2, 0.25) is 0 Å². The fraction of sp³-hybridized carbons (Fsp3) is 0.833. The highest BCUT2D eigenvalue weighted by Gasteiger charge is 2.53. The van der Waals surface area contributed by atoms with Crippen molar-refractivity contribution < 1.29 is 58.1 Å². The van der Waals surface area contributed by atoms with E-state index in [1.54, 1.807) is 0 Å². The third-order valence-electron chi connectivity index (χ3n) is 4.73. The lowest BCUT2D eigenvalue weighted by Crippen LogP contribution is -2.64. The highest BCUT2D eigenvalue weighted by Crippen LogP contribution is 2.32. The SMILES string of the molecule is CC(=O)O[C@@H]1[C@@H](OC(C)=O)[C@H](C)O[C@@H](O[C@@H]2[C@@H](O)[C@H](C)O[C@@H](O)[C@@H]2O)[C@@H]1OC(C)=O. The van der Waals surface area contributed by atoms with Crippen molar-refractivity contribution in [3.05, 3.63) is 0 Å². The maximum atomic E-state index is 11.7. The van der Waals surface area contributed by atoms with Crippen LogP contribution in [0.4, 0.5) is 0 Å². The lowest BCUT2D eigenvalue weighted by molar-refractivity contribution is -0.350. The van der Waals surface area contributed by atoms with E-state index >= 15 is 0 Å². The van der Waals surface area contributed by atoms with E-state index in [0.717, 1.165) is 20.8 Å². The Morgan fingerprint density at radius 1 is 0.667 bits per heavy atom. The number of rotatable bonds is 5. The van der Waals surface area contributed by atoms with Gasteiger partial charge in [-0.15, -0.1) is 0 Å². The molecule has 0 aliphatic carbocycles. The van der Waals surface area contributed by atoms with E-state index in [4.69, 9.17) is 28.4 Å². The molecule has 12 heteroatoms. The number of hydrogen-bond donors (Lipinski definition) is 3. The van der Waals surface area contributed by atoms with Gasteiger partial charge in [0, 0.05) is 20.8 Å². The van der Waals surface area contributed by atoms with Crippen molar-refractivity contribution >= 4 is 17.9 Å². The van der Waals surface area contributed by atoms with Crippen LogP contribution < -0.4 is 0 Å². The van der Waals surface area contributed by atoms with E-state index < -0.39 is 79.3 Å². The number of esters is 3. The molecule has 2 heterocycles. The number of ether oxygens (including phenoxy) is 6. The molecule has 0 amide bonds. The van der Waals surface area contributed by atoms with E-state index in [1.165, 1.54) is 13.8 Å². The molecule has 30 heavy (non-hydrogen) atoms. The first-order chi connectivity index (χ1) is 13.9. The van der Waals surface area contributed by atoms with Crippen LogP contribution >= 0.6 is 0 Å². The number of aliphatic hydroxyl groups excluding tert-OH is 3. The minimum Gasteiger partial charge on any atom is -0.456 e. The van der Waals surface area contributed by atoms with Crippen molar-refractivity contribution in [3.8, 4) is 0 Å². The molecule has 0 aromatic rings. The highest BCUT2D eigenvalue weighted by atomic mass is 16.7. The Labute approximate surface area is 172 Å². The summed E-state index contributed by atoms with van der Waals surface area (Å²) in [6.45, 7) is 6.35. The Kier molecular flexibility index (Phi) is 8.13. The van der Waals surface area contributed by atoms with Gasteiger partial charge in [-0.05, 0) is 13.8 Å². The van der Waals surface area contributed by atoms with Gasteiger partial charge in [-0.1, -0.05) is 0 Å². The summed E-state index contributed by atoms with van der Waals surface area (Å²) in [7, 11) is 0. The molecule has 0 saturated carbocycles. The molecule has 2 rings (SSSR count). The molecule has 0 aromatic carbocycles. The van der Waals surface area contributed by atoms with Crippen molar-refractivity contribution in [1.82, 2.24) is 0 Å². The van der Waals surface area contributed by atoms with E-state index in [1.807, 2.05) is 0 Å². The number of carbonyl (C=O) groups excluding carboxylic acids is 3. The van der Waals surface area contributed by atoms with E-state index in [2.05, 4.69) is 0 Å². The van der Waals surface area contributed by atoms with Gasteiger partial charge in [0.2, 0.25) is 0 Å². The van der Waals surface area contributed by atoms with Gasteiger partial charge in [0.05, 0.1) is 12.2 Å². The maximum absolute atomic E-state index is 11.7. The minimum absolute atomic E-state index is 0.680. The van der Waals surface area contributed by atoms with E-state index in [0.29, 0.717) is 0 Å². The van der Waals surface area contributed by atoms with E-state index in [9.17, 15) is 29.7 Å². The molecule has 172 valence electrons. The summed E-state index contributed by atoms with van der Waals surface area (Å²) in [6, 6.07) is 0. The first-order valence-electron chi connectivity index (χ1n) is 9.44. The zero-order chi connectivity index (χ0) is 22.7. The first-order valence-corrected chi connectivity index (χ1v) is 9.44. The van der Waals surface area contributed by atoms with Gasteiger partial charge in [-0.3, -0.25) is 14.4 Å². The standard InChI is InChI=1S/C18H28O12/c1-6-11(22)14(12(23)17(24)25-6)30-18-16(29-10(5)21)15(28-9(4)20)13(7(2)26-18)27-8(3)19/h6-7,11-18,22-24H,1-5H3/t6-,7-,11-,12+,13-,14+,15+,16+,17+,18-/m0/s1. The van der Waals surface area contributed by atoms with Crippen molar-refractivity contribution in [2.75, 3.05) is 0 Å². The zero-order valence-electron chi connectivity index (χ0n) is 17.3. The first kappa shape index (κ1) is 24.4. The lowest BCUT2D eigenvalue weighted by Gasteiger charge is -2.46. The van der Waals surface area contributed by atoms with Crippen LogP contribution in [0.25, 0.3) is 0 Å². The molecule has 3 N–H and O–H groups in total. The smallest absolute Gasteiger partial charge is 0.303 e. The topological polar surface area (TPSA) is 167 Å². The Bertz CT molecular complexity index is 625. The molecule has 0 aromatic heterocycles. The van der Waals surface area contributed by atoms with Crippen LogP contribution in [0.1, 0.15) is 34.6 Å². The second-order valence-electron chi connectivity index (χ2n) is 7.25. The Hall–Kier alpha value is -1.83. The van der Waals surface area contributed by atoms with Crippen LogP contribution in [-0.2, 0) is 42.8 Å². The molecule has 2 saturated heterocycles. The maximum Gasteiger partial charge on any atom is 0.303 e. The Balaban J connectivity index is 2.35. The summed E-state index contributed by atoms with van der Waals surface area (Å²) >= 11 is 0. The summed E-state index contributed by atoms with van der Waals surface area (Å²) < 4.78 is 32.0. The van der Waals surface area contributed by atoms with Gasteiger partial charge in [0.15, 0.2) is 30.9 Å². The highest BCUT2D eigenvalue weighted by molar-refractivity contribution is 5.68. The number of carbonyl (C=O) groups is 3. The second kappa shape index (κ2) is 9.98. The molecule has 0 unspecified atom stereocenters. The molecule has 10 atom stereocenters. The predicted molar refractivity (Wildman–Crippen MR) is 94.4 cm³/mol. The molecule has 2 aliphatic heterocycles. The fourth-order valence-electron chi connectivity index (χ4n) is 3.41. The van der Waals surface area contributed by atoms with Gasteiger partial charge >= 0.3 is 17.9 Å². The molecule has 0 radical (unpaired) electrons. The second-order valence-corrected chi connectivity index (χ2v) is 7.25. The van der Waals surface area contributed by atoms with Gasteiger partial charge < -0.3 is 43.7 Å². The van der Waals surface area contributed by atoms with Crippen molar-refractivity contribution in [2.45, 2.75) is 96.0 Å². The summed E-state index contributed by atoms with van der Waals surface area (Å²) in [5, 5.41) is 30.4. The van der Waals surface area contributed by atoms with Crippen LogP contribution in [-0.4, -0.2) is 94.6 Å². The van der Waals surface area contributed by atoms with Crippen LogP contribution in [0.3, 0.4) is 0 Å². The van der Waals surface area contributed by atoms with Gasteiger partial charge in [-0.25, -0.2) is 0 Å². The van der Waals surface area contributed by atoms with Gasteiger partial charge in [-0.2, -0.15) is 0 Å². The Morgan fingerprint density at radius 2 is 1.17 bits per heavy atom. The third kappa shape index (κ3) is 5.65. The number of hydrogen-bond acceptors (Lipinski definition) is 12. The molecular weight excluding hydrogens is 408 g/mol. The quantitative estimate of drug-likeness (QED) is 0.333. The van der Waals surface area contributed by atoms with Crippen molar-refractivity contribution in [3.63, 3.8) is 0 Å². The normalized spacial score (nSPS) is 41.6. The number of aliphatic hydroxyl groups is 3. The minimum atomic E-state index is -1.65. The largest absolute Gasteiger partial charge is 0.456 e. The predicted octanol–water partition coefficient (Wildman–Crippen LogP) is -1.63. The van der Waals surface area contributed by atoms with E-state index in [-0.39, 0.29) is 0 Å². The van der Waals surface area contributed by atoms with Gasteiger partial charge in [0.1, 0.15) is 18.3 Å². The molecule has 0 bridgehead atoms. The fourth-order valence-corrected chi connectivity index (χ4v) is 3.41. The average molecular weight is 436 g/mol. The molecule has 2 fully saturated rings. The van der Waals surface area contributed by atoms with Gasteiger partial charge in [0.25, 0.3) is 0 Å². The van der Waals surface area contributed by atoms with Crippen LogP contribution in [0.15, 0.2) is 0 Å². The molecule has 12 nitrogen and oxygen atoms in total. The average Bonchev–Trinajstić information content (AvgIpc) is 2.62. The summed E-state index contributed by atoms with van der Waals surface area (Å²) in [5.41, 5.74) is 0. The van der Waals surface area contributed by atoms with Crippen molar-refractivity contribution in [2.24, 2.45) is 0 Å². The molecular formula is C18H28O12. The molecule has 0 spiro atoms. The Morgan fingerprint density at radius 3 is 1.70 bits per heavy atom. The lowest BCUT2D eigenvalue weighted by atomic mass is 9.97. The third-order valence-corrected chi connectivity index (χ3v) is 4.73. The molecule has 2 aliphatic rings. The van der Waals surface area contributed by atoms with Crippen LogP contribution in [0, 0.1) is 0 Å². The monoisotopic (exact) mass is 436 g/mol. The zero-order valence-corrected chi connectivity index (χ0v) is 17.3. The van der Waals surface area contributed by atoms with Crippen molar-refractivity contribution in [1.29, 1.82) is 0 Å². The summed E-state index contributed by atoms with van der Waals surface area (Å²) in [6.07, 6.45) is -13.1.